The highest BCUT2D eigenvalue weighted by atomic mass is 127. The number of benzene rings is 3. The number of amides is 1. The molecule has 3 aromatic carbocycles. The van der Waals surface area contributed by atoms with Gasteiger partial charge in [-0.25, -0.2) is 5.43 Å². The van der Waals surface area contributed by atoms with Gasteiger partial charge in [0.2, 0.25) is 0 Å². The first-order valence-electron chi connectivity index (χ1n) is 9.89. The molecule has 176 valence electrons. The highest BCUT2D eigenvalue weighted by Crippen LogP contribution is 2.35. The van der Waals surface area contributed by atoms with Crippen molar-refractivity contribution >= 4 is 63.6 Å². The van der Waals surface area contributed by atoms with Crippen molar-refractivity contribution in [2.45, 2.75) is 13.5 Å². The van der Waals surface area contributed by atoms with Gasteiger partial charge in [0.05, 0.1) is 21.3 Å². The van der Waals surface area contributed by atoms with Crippen LogP contribution in [0, 0.1) is 13.7 Å². The number of nitrogens with zero attached hydrogens (tertiary/aromatic N) is 2. The van der Waals surface area contributed by atoms with E-state index in [4.69, 9.17) is 32.7 Å². The average molecular weight is 614 g/mol. The number of hydrogen-bond acceptors (Lipinski definition) is 6. The van der Waals surface area contributed by atoms with E-state index in [0.717, 1.165) is 9.13 Å². The Morgan fingerprint density at radius 2 is 1.97 bits per heavy atom. The first kappa shape index (κ1) is 25.7. The predicted molar refractivity (Wildman–Crippen MR) is 139 cm³/mol. The molecule has 11 heteroatoms. The van der Waals surface area contributed by atoms with E-state index in [2.05, 4.69) is 33.1 Å². The molecule has 0 saturated heterocycles. The predicted octanol–water partition coefficient (Wildman–Crippen LogP) is 6.25. The molecule has 34 heavy (non-hydrogen) atoms. The van der Waals surface area contributed by atoms with Gasteiger partial charge in [0, 0.05) is 33.3 Å². The van der Waals surface area contributed by atoms with E-state index >= 15 is 0 Å². The Morgan fingerprint density at radius 3 is 2.68 bits per heavy atom. The Balaban J connectivity index is 1.74. The Bertz CT molecular complexity index is 1250. The molecule has 0 atom stereocenters. The summed E-state index contributed by atoms with van der Waals surface area (Å²) >= 11 is 14.3. The van der Waals surface area contributed by atoms with E-state index in [0.29, 0.717) is 33.7 Å². The van der Waals surface area contributed by atoms with Crippen molar-refractivity contribution in [2.75, 3.05) is 6.61 Å². The van der Waals surface area contributed by atoms with Crippen LogP contribution in [0.15, 0.2) is 59.7 Å². The van der Waals surface area contributed by atoms with E-state index < -0.39 is 10.8 Å². The van der Waals surface area contributed by atoms with E-state index in [1.165, 1.54) is 30.5 Å². The van der Waals surface area contributed by atoms with Gasteiger partial charge in [-0.05, 0) is 65.4 Å². The van der Waals surface area contributed by atoms with Crippen molar-refractivity contribution in [2.24, 2.45) is 5.10 Å². The van der Waals surface area contributed by atoms with Crippen LogP contribution in [-0.2, 0) is 6.61 Å². The van der Waals surface area contributed by atoms with Crippen LogP contribution in [0.4, 0.5) is 5.69 Å². The number of hydrogen-bond donors (Lipinski definition) is 1. The molecule has 0 radical (unpaired) electrons. The number of hydrazone groups is 1. The van der Waals surface area contributed by atoms with Crippen LogP contribution in [0.25, 0.3) is 0 Å². The largest absolute Gasteiger partial charge is 0.490 e. The summed E-state index contributed by atoms with van der Waals surface area (Å²) in [6.07, 6.45) is 1.44. The number of ether oxygens (including phenoxy) is 2. The minimum Gasteiger partial charge on any atom is -0.490 e. The Hall–Kier alpha value is -2.89. The van der Waals surface area contributed by atoms with Crippen LogP contribution in [-0.4, -0.2) is 23.7 Å². The maximum absolute atomic E-state index is 12.3. The fraction of sp³-hybridized carbons (Fsp3) is 0.130. The number of nitrogens with one attached hydrogen (secondary N) is 1. The van der Waals surface area contributed by atoms with Crippen LogP contribution < -0.4 is 14.9 Å². The van der Waals surface area contributed by atoms with Gasteiger partial charge in [-0.1, -0.05) is 35.3 Å². The summed E-state index contributed by atoms with van der Waals surface area (Å²) in [5.41, 5.74) is 3.75. The van der Waals surface area contributed by atoms with Gasteiger partial charge in [0.15, 0.2) is 11.5 Å². The molecule has 0 bridgehead atoms. The maximum atomic E-state index is 12.3. The molecular formula is C23H18Cl2IN3O5. The lowest BCUT2D eigenvalue weighted by Gasteiger charge is -2.15. The average Bonchev–Trinajstić information content (AvgIpc) is 2.80. The standard InChI is InChI=1S/C23H18Cl2IN3O5/c1-2-33-21-9-14(12-27-28-23(30)15-4-3-5-18(10-15)29(31)32)8-20(26)22(21)34-13-16-6-7-17(24)11-19(16)25/h3-12H,2,13H2,1H3,(H,28,30)/b27-12+. The fourth-order valence-electron chi connectivity index (χ4n) is 2.84. The van der Waals surface area contributed by atoms with E-state index in [1.807, 2.05) is 13.0 Å². The molecule has 0 aliphatic carbocycles. The van der Waals surface area contributed by atoms with Gasteiger partial charge in [0.25, 0.3) is 11.6 Å². The molecule has 0 spiro atoms. The van der Waals surface area contributed by atoms with Gasteiger partial charge >= 0.3 is 0 Å². The lowest BCUT2D eigenvalue weighted by molar-refractivity contribution is -0.384. The molecule has 0 aliphatic rings. The summed E-state index contributed by atoms with van der Waals surface area (Å²) in [5, 5.41) is 15.9. The number of carbonyl (C=O) groups excluding carboxylic acids is 1. The Morgan fingerprint density at radius 1 is 1.18 bits per heavy atom. The minimum absolute atomic E-state index is 0.126. The number of nitro groups is 1. The molecule has 0 saturated carbocycles. The number of nitro benzene ring substituents is 1. The third-order valence-electron chi connectivity index (χ3n) is 4.42. The molecule has 3 rings (SSSR count). The lowest BCUT2D eigenvalue weighted by Crippen LogP contribution is -2.17. The van der Waals surface area contributed by atoms with Crippen molar-refractivity contribution in [3.63, 3.8) is 0 Å². The maximum Gasteiger partial charge on any atom is 0.271 e. The van der Waals surface area contributed by atoms with Crippen LogP contribution in [0.5, 0.6) is 11.5 Å². The van der Waals surface area contributed by atoms with Crippen LogP contribution in [0.1, 0.15) is 28.4 Å². The SMILES string of the molecule is CCOc1cc(/C=N/NC(=O)c2cccc([N+](=O)[O-])c2)cc(I)c1OCc1ccc(Cl)cc1Cl. The molecule has 8 nitrogen and oxygen atoms in total. The van der Waals surface area contributed by atoms with Crippen LogP contribution in [0.3, 0.4) is 0 Å². The highest BCUT2D eigenvalue weighted by molar-refractivity contribution is 14.1. The Kier molecular flexibility index (Phi) is 9.08. The van der Waals surface area contributed by atoms with E-state index in [1.54, 1.807) is 24.3 Å². The summed E-state index contributed by atoms with van der Waals surface area (Å²) in [6.45, 7) is 2.49. The van der Waals surface area contributed by atoms with Crippen molar-refractivity contribution in [1.29, 1.82) is 0 Å². The molecule has 3 aromatic rings. The summed E-state index contributed by atoms with van der Waals surface area (Å²) in [4.78, 5) is 22.6. The Labute approximate surface area is 219 Å². The third-order valence-corrected chi connectivity index (χ3v) is 5.81. The quantitative estimate of drug-likeness (QED) is 0.133. The molecule has 0 aromatic heterocycles. The molecule has 0 heterocycles. The zero-order valence-electron chi connectivity index (χ0n) is 17.8. The molecule has 0 fully saturated rings. The topological polar surface area (TPSA) is 103 Å². The van der Waals surface area contributed by atoms with Gasteiger partial charge < -0.3 is 9.47 Å². The number of carbonyl (C=O) groups is 1. The van der Waals surface area contributed by atoms with Crippen molar-refractivity contribution in [3.05, 3.63) is 95.0 Å². The summed E-state index contributed by atoms with van der Waals surface area (Å²) in [7, 11) is 0. The van der Waals surface area contributed by atoms with Crippen molar-refractivity contribution in [1.82, 2.24) is 5.43 Å². The van der Waals surface area contributed by atoms with Crippen molar-refractivity contribution < 1.29 is 19.2 Å². The third kappa shape index (κ3) is 6.81. The van der Waals surface area contributed by atoms with Gasteiger partial charge in [-0.2, -0.15) is 5.10 Å². The van der Waals surface area contributed by atoms with Crippen molar-refractivity contribution in [3.8, 4) is 11.5 Å². The molecule has 1 N–H and O–H groups in total. The fourth-order valence-corrected chi connectivity index (χ4v) is 4.09. The first-order chi connectivity index (χ1) is 16.3. The molecule has 0 unspecified atom stereocenters. The van der Waals surface area contributed by atoms with Crippen LogP contribution in [0.2, 0.25) is 10.0 Å². The second-order valence-corrected chi connectivity index (χ2v) is 8.80. The number of rotatable bonds is 9. The van der Waals surface area contributed by atoms with Gasteiger partial charge in [-0.3, -0.25) is 14.9 Å². The molecule has 0 aliphatic heterocycles. The zero-order valence-corrected chi connectivity index (χ0v) is 21.4. The summed E-state index contributed by atoms with van der Waals surface area (Å²) in [5.74, 6) is 0.483. The minimum atomic E-state index is -0.570. The highest BCUT2D eigenvalue weighted by Gasteiger charge is 2.14. The normalized spacial score (nSPS) is 10.8. The van der Waals surface area contributed by atoms with Crippen LogP contribution >= 0.6 is 45.8 Å². The molecule has 1 amide bonds. The summed E-state index contributed by atoms with van der Waals surface area (Å²) in [6, 6.07) is 14.1. The van der Waals surface area contributed by atoms with E-state index in [-0.39, 0.29) is 17.9 Å². The smallest absolute Gasteiger partial charge is 0.271 e. The second kappa shape index (κ2) is 12.0. The van der Waals surface area contributed by atoms with Gasteiger partial charge in [0.1, 0.15) is 6.61 Å². The lowest BCUT2D eigenvalue weighted by atomic mass is 10.2. The molecular weight excluding hydrogens is 596 g/mol. The monoisotopic (exact) mass is 613 g/mol. The van der Waals surface area contributed by atoms with Gasteiger partial charge in [-0.15, -0.1) is 0 Å². The number of non-ortho nitro benzene ring substituents is 1. The second-order valence-electron chi connectivity index (χ2n) is 6.79. The zero-order chi connectivity index (χ0) is 24.7. The van der Waals surface area contributed by atoms with E-state index in [9.17, 15) is 14.9 Å². The first-order valence-corrected chi connectivity index (χ1v) is 11.7. The number of halogens is 3. The summed E-state index contributed by atoms with van der Waals surface area (Å²) < 4.78 is 12.5.